The summed E-state index contributed by atoms with van der Waals surface area (Å²) in [7, 11) is 0. The molecule has 150 valence electrons. The van der Waals surface area contributed by atoms with Crippen molar-refractivity contribution in [3.05, 3.63) is 86.5 Å². The maximum atomic E-state index is 13.6. The third-order valence-corrected chi connectivity index (χ3v) is 6.07. The van der Waals surface area contributed by atoms with E-state index in [2.05, 4.69) is 10.1 Å². The third kappa shape index (κ3) is 4.09. The molecular weight excluding hydrogens is 427 g/mol. The summed E-state index contributed by atoms with van der Waals surface area (Å²) in [6.45, 7) is 1.91. The van der Waals surface area contributed by atoms with Crippen LogP contribution in [0.3, 0.4) is 0 Å². The molecule has 0 aliphatic carbocycles. The number of hydrogen-bond donors (Lipinski definition) is 0. The van der Waals surface area contributed by atoms with Gasteiger partial charge in [-0.15, -0.1) is 0 Å². The molecule has 0 saturated heterocycles. The summed E-state index contributed by atoms with van der Waals surface area (Å²) in [6.07, 6.45) is 1.37. The van der Waals surface area contributed by atoms with E-state index < -0.39 is 16.6 Å². The van der Waals surface area contributed by atoms with E-state index in [1.54, 1.807) is 18.2 Å². The summed E-state index contributed by atoms with van der Waals surface area (Å²) in [5.41, 5.74) is 1.95. The van der Waals surface area contributed by atoms with Crippen molar-refractivity contribution in [3.63, 3.8) is 0 Å². The molecule has 7 nitrogen and oxygen atoms in total. The topological polar surface area (TPSA) is 88.7 Å². The van der Waals surface area contributed by atoms with Gasteiger partial charge in [-0.3, -0.25) is 14.9 Å². The minimum Gasteiger partial charge on any atom is -0.267 e. The minimum atomic E-state index is -0.487. The number of carbonyl (C=O) groups excluding carboxylic acids is 1. The van der Waals surface area contributed by atoms with Crippen molar-refractivity contribution in [2.45, 2.75) is 6.92 Å². The van der Waals surface area contributed by atoms with E-state index >= 15 is 0 Å². The number of hydrogen-bond acceptors (Lipinski definition) is 7. The van der Waals surface area contributed by atoms with E-state index in [4.69, 9.17) is 0 Å². The van der Waals surface area contributed by atoms with E-state index in [0.29, 0.717) is 20.7 Å². The van der Waals surface area contributed by atoms with Crippen molar-refractivity contribution in [2.75, 3.05) is 5.01 Å². The normalized spacial score (nSPS) is 11.3. The fraction of sp³-hybridized carbons (Fsp3) is 0.0500. The number of thiophene rings is 1. The van der Waals surface area contributed by atoms with Crippen LogP contribution < -0.4 is 5.01 Å². The highest BCUT2D eigenvalue weighted by atomic mass is 32.1. The largest absolute Gasteiger partial charge is 0.324 e. The number of aryl methyl sites for hydroxylation is 1. The predicted molar refractivity (Wildman–Crippen MR) is 116 cm³/mol. The number of aromatic nitrogens is 1. The lowest BCUT2D eigenvalue weighted by molar-refractivity contribution is -0.380. The summed E-state index contributed by atoms with van der Waals surface area (Å²) >= 11 is 2.07. The van der Waals surface area contributed by atoms with Gasteiger partial charge < -0.3 is 0 Å². The van der Waals surface area contributed by atoms with Gasteiger partial charge in [0.1, 0.15) is 5.82 Å². The minimum absolute atomic E-state index is 0.0247. The van der Waals surface area contributed by atoms with Gasteiger partial charge in [-0.1, -0.05) is 40.4 Å². The maximum Gasteiger partial charge on any atom is 0.324 e. The molecule has 4 rings (SSSR count). The highest BCUT2D eigenvalue weighted by Crippen LogP contribution is 2.31. The Morgan fingerprint density at radius 3 is 2.63 bits per heavy atom. The highest BCUT2D eigenvalue weighted by Gasteiger charge is 2.21. The predicted octanol–water partition coefficient (Wildman–Crippen LogP) is 5.39. The van der Waals surface area contributed by atoms with Crippen LogP contribution in [0.2, 0.25) is 0 Å². The number of nitrogens with zero attached hydrogens (tertiary/aromatic N) is 4. The van der Waals surface area contributed by atoms with Crippen molar-refractivity contribution < 1.29 is 14.1 Å². The number of nitro groups is 1. The number of benzene rings is 2. The van der Waals surface area contributed by atoms with Gasteiger partial charge in [-0.25, -0.2) is 9.37 Å². The fourth-order valence-electron chi connectivity index (χ4n) is 2.61. The van der Waals surface area contributed by atoms with Crippen molar-refractivity contribution in [2.24, 2.45) is 5.10 Å². The highest BCUT2D eigenvalue weighted by molar-refractivity contribution is 7.22. The van der Waals surface area contributed by atoms with Gasteiger partial charge in [-0.05, 0) is 43.3 Å². The molecule has 0 unspecified atom stereocenters. The number of rotatable bonds is 5. The zero-order valence-electron chi connectivity index (χ0n) is 15.5. The Morgan fingerprint density at radius 2 is 1.93 bits per heavy atom. The molecule has 0 radical (unpaired) electrons. The van der Waals surface area contributed by atoms with Gasteiger partial charge in [0.25, 0.3) is 5.91 Å². The quantitative estimate of drug-likeness (QED) is 0.236. The van der Waals surface area contributed by atoms with Crippen LogP contribution in [-0.4, -0.2) is 22.0 Å². The Labute approximate surface area is 177 Å². The average molecular weight is 440 g/mol. The van der Waals surface area contributed by atoms with Crippen LogP contribution in [0, 0.1) is 22.9 Å². The standard InChI is InChI=1S/C20H13FN4O3S2/c1-12-2-4-13(5-3-12)19(26)24(22-11-15-7-9-18(29-15)25(27)28)20-23-16-8-6-14(21)10-17(16)30-20/h2-11H,1H3/b22-11+. The molecule has 0 aliphatic heterocycles. The van der Waals surface area contributed by atoms with Crippen LogP contribution in [0.1, 0.15) is 20.8 Å². The monoisotopic (exact) mass is 440 g/mol. The van der Waals surface area contributed by atoms with Crippen LogP contribution in [0.25, 0.3) is 10.2 Å². The number of fused-ring (bicyclic) bond motifs is 1. The Balaban J connectivity index is 1.74. The van der Waals surface area contributed by atoms with Gasteiger partial charge in [0.15, 0.2) is 0 Å². The molecule has 4 aromatic rings. The lowest BCUT2D eigenvalue weighted by Crippen LogP contribution is -2.25. The van der Waals surface area contributed by atoms with E-state index in [1.807, 2.05) is 19.1 Å². The van der Waals surface area contributed by atoms with Crippen molar-refractivity contribution in [3.8, 4) is 0 Å². The molecule has 0 aliphatic rings. The molecule has 30 heavy (non-hydrogen) atoms. The molecule has 0 saturated carbocycles. The first-order chi connectivity index (χ1) is 14.4. The molecule has 10 heteroatoms. The molecule has 2 aromatic heterocycles. The molecular formula is C20H13FN4O3S2. The molecule has 0 bridgehead atoms. The Bertz CT molecular complexity index is 1280. The Kier molecular flexibility index (Phi) is 5.34. The van der Waals surface area contributed by atoms with Crippen molar-refractivity contribution in [1.29, 1.82) is 0 Å². The van der Waals surface area contributed by atoms with E-state index in [1.165, 1.54) is 30.5 Å². The number of thiazole rings is 1. The Hall–Kier alpha value is -3.50. The summed E-state index contributed by atoms with van der Waals surface area (Å²) in [4.78, 5) is 28.4. The molecule has 0 atom stereocenters. The molecule has 0 fully saturated rings. The van der Waals surface area contributed by atoms with Crippen molar-refractivity contribution in [1.82, 2.24) is 4.98 Å². The number of hydrazone groups is 1. The lowest BCUT2D eigenvalue weighted by atomic mass is 10.1. The lowest BCUT2D eigenvalue weighted by Gasteiger charge is -2.13. The van der Waals surface area contributed by atoms with Gasteiger partial charge in [0.2, 0.25) is 5.13 Å². The van der Waals surface area contributed by atoms with Crippen LogP contribution in [0.4, 0.5) is 14.5 Å². The second kappa shape index (κ2) is 8.09. The fourth-order valence-corrected chi connectivity index (χ4v) is 4.24. The molecule has 2 aromatic carbocycles. The smallest absolute Gasteiger partial charge is 0.267 e. The number of halogens is 1. The number of anilines is 1. The SMILES string of the molecule is Cc1ccc(C(=O)N(/N=C/c2ccc([N+](=O)[O-])s2)c2nc3ccc(F)cc3s2)cc1. The molecule has 0 N–H and O–H groups in total. The van der Waals surface area contributed by atoms with Crippen LogP contribution in [0.5, 0.6) is 0 Å². The first kappa shape index (κ1) is 19.8. The molecule has 2 heterocycles. The molecule has 0 spiro atoms. The van der Waals surface area contributed by atoms with E-state index in [0.717, 1.165) is 33.2 Å². The second-order valence-electron chi connectivity index (χ2n) is 6.27. The summed E-state index contributed by atoms with van der Waals surface area (Å²) < 4.78 is 14.1. The van der Waals surface area contributed by atoms with Crippen molar-refractivity contribution >= 4 is 55.1 Å². The average Bonchev–Trinajstić information content (AvgIpc) is 3.35. The van der Waals surface area contributed by atoms with E-state index in [-0.39, 0.29) is 10.1 Å². The zero-order chi connectivity index (χ0) is 21.3. The van der Waals surface area contributed by atoms with Gasteiger partial charge in [-0.2, -0.15) is 10.1 Å². The third-order valence-electron chi connectivity index (χ3n) is 4.10. The van der Waals surface area contributed by atoms with Crippen LogP contribution >= 0.6 is 22.7 Å². The van der Waals surface area contributed by atoms with E-state index in [9.17, 15) is 19.3 Å². The number of amides is 1. The first-order valence-corrected chi connectivity index (χ1v) is 10.3. The Morgan fingerprint density at radius 1 is 1.17 bits per heavy atom. The summed E-state index contributed by atoms with van der Waals surface area (Å²) in [5, 5.41) is 16.5. The summed E-state index contributed by atoms with van der Waals surface area (Å²) in [6, 6.07) is 14.1. The second-order valence-corrected chi connectivity index (χ2v) is 8.37. The summed E-state index contributed by atoms with van der Waals surface area (Å²) in [5.74, 6) is -0.819. The first-order valence-electron chi connectivity index (χ1n) is 8.66. The van der Waals surface area contributed by atoms with Crippen LogP contribution in [0.15, 0.2) is 59.7 Å². The molecule has 1 amide bonds. The van der Waals surface area contributed by atoms with Crippen LogP contribution in [-0.2, 0) is 0 Å². The zero-order valence-corrected chi connectivity index (χ0v) is 17.1. The van der Waals surface area contributed by atoms with Gasteiger partial charge in [0, 0.05) is 11.6 Å². The van der Waals surface area contributed by atoms with Gasteiger partial charge >= 0.3 is 5.00 Å². The number of carbonyl (C=O) groups is 1. The maximum absolute atomic E-state index is 13.6. The van der Waals surface area contributed by atoms with Gasteiger partial charge in [0.05, 0.1) is 26.2 Å².